The predicted octanol–water partition coefficient (Wildman–Crippen LogP) is 6.48. The van der Waals surface area contributed by atoms with Crippen molar-refractivity contribution in [2.24, 2.45) is 17.3 Å². The molecule has 0 radical (unpaired) electrons. The topological polar surface area (TPSA) is 49.8 Å². The summed E-state index contributed by atoms with van der Waals surface area (Å²) in [5.41, 5.74) is 0.881. The van der Waals surface area contributed by atoms with Gasteiger partial charge < -0.3 is 4.74 Å². The Bertz CT molecular complexity index is 734. The SMILES string of the molecule is CN(O)C(=O)C(C)(C)CC/C=C\C[C@H]1[C@@H](CCCCSCc2ccccc2)[C@H]2CC[C@@H]1O2. The van der Waals surface area contributed by atoms with Crippen LogP contribution < -0.4 is 0 Å². The van der Waals surface area contributed by atoms with Crippen molar-refractivity contribution >= 4 is 17.7 Å². The Morgan fingerprint density at radius 3 is 2.59 bits per heavy atom. The van der Waals surface area contributed by atoms with Crippen LogP contribution in [0.2, 0.25) is 0 Å². The smallest absolute Gasteiger partial charge is 0.251 e. The van der Waals surface area contributed by atoms with Gasteiger partial charge in [0.25, 0.3) is 5.91 Å². The van der Waals surface area contributed by atoms with Gasteiger partial charge in [-0.2, -0.15) is 11.8 Å². The first kappa shape index (κ1) is 25.3. The van der Waals surface area contributed by atoms with E-state index >= 15 is 0 Å². The summed E-state index contributed by atoms with van der Waals surface area (Å²) in [6, 6.07) is 10.7. The molecule has 5 heteroatoms. The fourth-order valence-electron chi connectivity index (χ4n) is 5.31. The first-order valence-electron chi connectivity index (χ1n) is 12.3. The largest absolute Gasteiger partial charge is 0.374 e. The second kappa shape index (κ2) is 12.2. The quantitative estimate of drug-likeness (QED) is 0.159. The van der Waals surface area contributed by atoms with Crippen LogP contribution in [0.25, 0.3) is 0 Å². The van der Waals surface area contributed by atoms with Crippen molar-refractivity contribution < 1.29 is 14.7 Å². The van der Waals surface area contributed by atoms with Crippen molar-refractivity contribution in [3.05, 3.63) is 48.0 Å². The van der Waals surface area contributed by atoms with Crippen LogP contribution in [0.15, 0.2) is 42.5 Å². The molecule has 0 aliphatic carbocycles. The van der Waals surface area contributed by atoms with Crippen LogP contribution in [0.5, 0.6) is 0 Å². The van der Waals surface area contributed by atoms with Crippen molar-refractivity contribution in [2.45, 2.75) is 83.2 Å². The standard InChI is InChI=1S/C27H41NO3S/c1-27(2,26(29)28(3)30)18-10-5-8-14-22-23(25-17-16-24(22)31-25)15-9-11-19-32-20-21-12-6-4-7-13-21/h4-8,12-13,22-25,30H,9-11,14-20H2,1-3H3/b8-5-/t22-,23+,24-,25+/m0/s1. The lowest BCUT2D eigenvalue weighted by molar-refractivity contribution is -0.169. The molecule has 2 saturated heterocycles. The molecule has 1 aromatic rings. The zero-order chi connectivity index (χ0) is 23.0. The predicted molar refractivity (Wildman–Crippen MR) is 133 cm³/mol. The van der Waals surface area contributed by atoms with Gasteiger partial charge in [-0.25, -0.2) is 5.06 Å². The van der Waals surface area contributed by atoms with Gasteiger partial charge in [0.2, 0.25) is 0 Å². The van der Waals surface area contributed by atoms with E-state index in [0.717, 1.165) is 25.0 Å². The Balaban J connectivity index is 1.35. The van der Waals surface area contributed by atoms with Crippen LogP contribution in [-0.4, -0.2) is 41.2 Å². The molecule has 1 N–H and O–H groups in total. The van der Waals surface area contributed by atoms with Gasteiger partial charge in [-0.05, 0) is 68.1 Å². The van der Waals surface area contributed by atoms with Crippen LogP contribution >= 0.6 is 11.8 Å². The monoisotopic (exact) mass is 459 g/mol. The number of hydrogen-bond acceptors (Lipinski definition) is 4. The summed E-state index contributed by atoms with van der Waals surface area (Å²) in [7, 11) is 1.40. The number of carbonyl (C=O) groups excluding carboxylic acids is 1. The Morgan fingerprint density at radius 2 is 1.88 bits per heavy atom. The molecule has 1 aromatic carbocycles. The minimum Gasteiger partial charge on any atom is -0.374 e. The molecule has 0 spiro atoms. The number of allylic oxidation sites excluding steroid dienone is 2. The maximum absolute atomic E-state index is 12.0. The molecular weight excluding hydrogens is 418 g/mol. The van der Waals surface area contributed by atoms with Crippen LogP contribution in [-0.2, 0) is 15.3 Å². The average Bonchev–Trinajstić information content (AvgIpc) is 3.38. The zero-order valence-corrected chi connectivity index (χ0v) is 20.9. The maximum atomic E-state index is 12.0. The molecule has 2 heterocycles. The van der Waals surface area contributed by atoms with Gasteiger partial charge >= 0.3 is 0 Å². The molecule has 2 aliphatic heterocycles. The van der Waals surface area contributed by atoms with E-state index in [1.807, 2.05) is 25.6 Å². The highest BCUT2D eigenvalue weighted by atomic mass is 32.2. The van der Waals surface area contributed by atoms with E-state index in [9.17, 15) is 10.0 Å². The number of benzene rings is 1. The number of unbranched alkanes of at least 4 members (excludes halogenated alkanes) is 1. The molecule has 4 atom stereocenters. The van der Waals surface area contributed by atoms with E-state index in [0.29, 0.717) is 29.1 Å². The number of thioether (sulfide) groups is 1. The highest BCUT2D eigenvalue weighted by molar-refractivity contribution is 7.98. The normalized spacial score (nSPS) is 25.0. The molecule has 0 unspecified atom stereocenters. The van der Waals surface area contributed by atoms with Gasteiger partial charge in [0, 0.05) is 18.2 Å². The van der Waals surface area contributed by atoms with Crippen LogP contribution in [0.1, 0.15) is 70.8 Å². The average molecular weight is 460 g/mol. The fraction of sp³-hybridized carbons (Fsp3) is 0.667. The van der Waals surface area contributed by atoms with E-state index in [2.05, 4.69) is 42.5 Å². The molecule has 178 valence electrons. The summed E-state index contributed by atoms with van der Waals surface area (Å²) < 4.78 is 6.29. The summed E-state index contributed by atoms with van der Waals surface area (Å²) >= 11 is 2.04. The maximum Gasteiger partial charge on any atom is 0.251 e. The minimum absolute atomic E-state index is 0.227. The lowest BCUT2D eigenvalue weighted by Gasteiger charge is -2.27. The zero-order valence-electron chi connectivity index (χ0n) is 20.0. The number of fused-ring (bicyclic) bond motifs is 2. The highest BCUT2D eigenvalue weighted by Gasteiger charge is 2.47. The Kier molecular flexibility index (Phi) is 9.69. The second-order valence-electron chi connectivity index (χ2n) is 10.1. The van der Waals surface area contributed by atoms with Gasteiger partial charge in [0.1, 0.15) is 0 Å². The molecule has 1 amide bonds. The molecular formula is C27H41NO3S. The molecule has 3 rings (SSSR count). The van der Waals surface area contributed by atoms with Crippen LogP contribution in [0.3, 0.4) is 0 Å². The Morgan fingerprint density at radius 1 is 1.16 bits per heavy atom. The van der Waals surface area contributed by atoms with Crippen LogP contribution in [0.4, 0.5) is 0 Å². The van der Waals surface area contributed by atoms with E-state index < -0.39 is 5.41 Å². The van der Waals surface area contributed by atoms with E-state index in [1.54, 1.807) is 0 Å². The molecule has 0 aromatic heterocycles. The summed E-state index contributed by atoms with van der Waals surface area (Å²) in [5, 5.41) is 10.1. The van der Waals surface area contributed by atoms with Crippen molar-refractivity contribution in [2.75, 3.05) is 12.8 Å². The van der Waals surface area contributed by atoms with Crippen molar-refractivity contribution in [1.82, 2.24) is 5.06 Å². The molecule has 2 aliphatic rings. The summed E-state index contributed by atoms with van der Waals surface area (Å²) in [6.07, 6.45) is 14.5. The minimum atomic E-state index is -0.537. The van der Waals surface area contributed by atoms with Gasteiger partial charge in [0.15, 0.2) is 0 Å². The molecule has 2 bridgehead atoms. The number of ether oxygens (including phenoxy) is 1. The summed E-state index contributed by atoms with van der Waals surface area (Å²) in [5.74, 6) is 3.48. The lowest BCUT2D eigenvalue weighted by atomic mass is 9.75. The number of hydroxylamine groups is 2. The number of amides is 1. The molecule has 4 nitrogen and oxygen atoms in total. The van der Waals surface area contributed by atoms with Gasteiger partial charge in [-0.3, -0.25) is 10.0 Å². The third-order valence-electron chi connectivity index (χ3n) is 7.16. The lowest BCUT2D eigenvalue weighted by Crippen LogP contribution is -2.36. The number of carbonyl (C=O) groups is 1. The third kappa shape index (κ3) is 7.10. The summed E-state index contributed by atoms with van der Waals surface area (Å²) in [6.45, 7) is 3.79. The van der Waals surface area contributed by atoms with Crippen molar-refractivity contribution in [3.63, 3.8) is 0 Å². The fourth-order valence-corrected chi connectivity index (χ4v) is 6.29. The first-order valence-corrected chi connectivity index (χ1v) is 13.4. The Labute approximate surface area is 198 Å². The highest BCUT2D eigenvalue weighted by Crippen LogP contribution is 2.47. The van der Waals surface area contributed by atoms with Crippen molar-refractivity contribution in [3.8, 4) is 0 Å². The number of nitrogens with zero attached hydrogens (tertiary/aromatic N) is 1. The van der Waals surface area contributed by atoms with E-state index in [1.165, 1.54) is 50.5 Å². The Hall–Kier alpha value is -1.30. The third-order valence-corrected chi connectivity index (χ3v) is 8.28. The van der Waals surface area contributed by atoms with Gasteiger partial charge in [0.05, 0.1) is 12.2 Å². The number of rotatable bonds is 13. The van der Waals surface area contributed by atoms with Crippen molar-refractivity contribution in [1.29, 1.82) is 0 Å². The molecule has 0 saturated carbocycles. The van der Waals surface area contributed by atoms with Crippen LogP contribution in [0, 0.1) is 17.3 Å². The van der Waals surface area contributed by atoms with E-state index in [4.69, 9.17) is 4.74 Å². The second-order valence-corrected chi connectivity index (χ2v) is 11.2. The van der Waals surface area contributed by atoms with E-state index in [-0.39, 0.29) is 5.91 Å². The molecule has 2 fully saturated rings. The number of hydrogen-bond donors (Lipinski definition) is 1. The summed E-state index contributed by atoms with van der Waals surface area (Å²) in [4.78, 5) is 12.0. The van der Waals surface area contributed by atoms with Gasteiger partial charge in [-0.1, -0.05) is 62.8 Å². The first-order chi connectivity index (χ1) is 15.4. The molecule has 32 heavy (non-hydrogen) atoms. The van der Waals surface area contributed by atoms with Gasteiger partial charge in [-0.15, -0.1) is 0 Å².